The number of benzene rings is 1. The molecule has 3 aromatic rings. The van der Waals surface area contributed by atoms with Gasteiger partial charge in [0.25, 0.3) is 5.56 Å². The number of quaternary nitrogens is 1. The molecule has 0 amide bonds. The molecule has 1 aromatic carbocycles. The maximum atomic E-state index is 12.5. The number of hydrogen-bond donors (Lipinski definition) is 2. The molecular weight excluding hydrogens is 398 g/mol. The molecule has 0 spiro atoms. The SMILES string of the molecule is CC[C@@H]([NH2+]Cc1nc2sc3c(c2c(=O)[nH]1)CCC3)c1ccc(Br)cc1. The molecule has 1 aliphatic rings. The van der Waals surface area contributed by atoms with Gasteiger partial charge in [0.15, 0.2) is 5.82 Å². The van der Waals surface area contributed by atoms with Gasteiger partial charge in [-0.15, -0.1) is 11.3 Å². The standard InChI is InChI=1S/C19H20BrN3OS/c1-2-14(11-6-8-12(20)9-7-11)21-10-16-22-18(24)17-13-4-3-5-15(13)25-19(17)23-16/h6-9,14,21H,2-5,10H2,1H3,(H,22,23,24)/p+1/t14-/m1/s1. The Morgan fingerprint density at radius 2 is 2.12 bits per heavy atom. The fourth-order valence-electron chi connectivity index (χ4n) is 3.65. The lowest BCUT2D eigenvalue weighted by molar-refractivity contribution is -0.712. The molecule has 0 saturated carbocycles. The van der Waals surface area contributed by atoms with Crippen molar-refractivity contribution in [3.63, 3.8) is 0 Å². The minimum Gasteiger partial charge on any atom is -0.334 e. The number of halogens is 1. The zero-order valence-corrected chi connectivity index (χ0v) is 16.5. The lowest BCUT2D eigenvalue weighted by Crippen LogP contribution is -2.83. The maximum Gasteiger partial charge on any atom is 0.260 e. The first-order chi connectivity index (χ1) is 12.2. The van der Waals surface area contributed by atoms with Crippen molar-refractivity contribution in [3.05, 3.63) is 60.9 Å². The number of aryl methyl sites for hydroxylation is 2. The predicted molar refractivity (Wildman–Crippen MR) is 105 cm³/mol. The van der Waals surface area contributed by atoms with Gasteiger partial charge in [-0.1, -0.05) is 35.0 Å². The predicted octanol–water partition coefficient (Wildman–Crippen LogP) is 3.45. The third kappa shape index (κ3) is 3.30. The second-order valence-corrected chi connectivity index (χ2v) is 8.56. The van der Waals surface area contributed by atoms with Crippen molar-refractivity contribution in [2.75, 3.05) is 0 Å². The molecule has 0 saturated heterocycles. The van der Waals surface area contributed by atoms with Crippen LogP contribution in [0.15, 0.2) is 33.5 Å². The smallest absolute Gasteiger partial charge is 0.260 e. The van der Waals surface area contributed by atoms with Crippen molar-refractivity contribution in [2.45, 2.75) is 45.2 Å². The van der Waals surface area contributed by atoms with E-state index in [0.717, 1.165) is 46.2 Å². The molecule has 0 bridgehead atoms. The monoisotopic (exact) mass is 418 g/mol. The second-order valence-electron chi connectivity index (χ2n) is 6.56. The van der Waals surface area contributed by atoms with Gasteiger partial charge in [0.1, 0.15) is 17.4 Å². The molecule has 2 aromatic heterocycles. The Hall–Kier alpha value is -1.50. The number of hydrogen-bond acceptors (Lipinski definition) is 3. The molecule has 1 atom stereocenters. The van der Waals surface area contributed by atoms with E-state index in [9.17, 15) is 4.79 Å². The highest BCUT2D eigenvalue weighted by Crippen LogP contribution is 2.34. The topological polar surface area (TPSA) is 62.4 Å². The number of rotatable bonds is 5. The first-order valence-corrected chi connectivity index (χ1v) is 10.4. The minimum atomic E-state index is 0.0319. The zero-order valence-electron chi connectivity index (χ0n) is 14.1. The van der Waals surface area contributed by atoms with Gasteiger partial charge >= 0.3 is 0 Å². The normalized spacial score (nSPS) is 14.8. The van der Waals surface area contributed by atoms with E-state index >= 15 is 0 Å². The van der Waals surface area contributed by atoms with E-state index < -0.39 is 0 Å². The molecule has 4 nitrogen and oxygen atoms in total. The lowest BCUT2D eigenvalue weighted by Gasteiger charge is -2.14. The summed E-state index contributed by atoms with van der Waals surface area (Å²) in [6, 6.07) is 8.81. The van der Waals surface area contributed by atoms with Crippen LogP contribution in [-0.2, 0) is 19.4 Å². The van der Waals surface area contributed by atoms with Crippen molar-refractivity contribution in [2.24, 2.45) is 0 Å². The zero-order chi connectivity index (χ0) is 17.4. The molecule has 6 heteroatoms. The Balaban J connectivity index is 1.56. The van der Waals surface area contributed by atoms with Crippen molar-refractivity contribution >= 4 is 37.5 Å². The molecule has 130 valence electrons. The van der Waals surface area contributed by atoms with Gasteiger partial charge in [-0.2, -0.15) is 0 Å². The number of thiophene rings is 1. The number of fused-ring (bicyclic) bond motifs is 3. The van der Waals surface area contributed by atoms with Crippen molar-refractivity contribution in [3.8, 4) is 0 Å². The van der Waals surface area contributed by atoms with Crippen LogP contribution in [0.2, 0.25) is 0 Å². The Kier molecular flexibility index (Phi) is 4.75. The van der Waals surface area contributed by atoms with Crippen LogP contribution in [0.5, 0.6) is 0 Å². The Bertz CT molecular complexity index is 961. The Morgan fingerprint density at radius 1 is 1.32 bits per heavy atom. The highest BCUT2D eigenvalue weighted by molar-refractivity contribution is 9.10. The molecule has 0 fully saturated rings. The number of H-pyrrole nitrogens is 1. The van der Waals surface area contributed by atoms with Crippen LogP contribution < -0.4 is 10.9 Å². The summed E-state index contributed by atoms with van der Waals surface area (Å²) >= 11 is 5.19. The van der Waals surface area contributed by atoms with Crippen LogP contribution in [0, 0.1) is 0 Å². The van der Waals surface area contributed by atoms with E-state index in [1.165, 1.54) is 16.0 Å². The summed E-state index contributed by atoms with van der Waals surface area (Å²) in [7, 11) is 0. The second kappa shape index (κ2) is 7.02. The summed E-state index contributed by atoms with van der Waals surface area (Å²) in [5, 5.41) is 3.09. The van der Waals surface area contributed by atoms with Gasteiger partial charge in [0.05, 0.1) is 5.39 Å². The summed E-state index contributed by atoms with van der Waals surface area (Å²) in [5.41, 5.74) is 2.57. The molecular formula is C19H21BrN3OS+. The molecule has 3 N–H and O–H groups in total. The minimum absolute atomic E-state index is 0.0319. The quantitative estimate of drug-likeness (QED) is 0.666. The summed E-state index contributed by atoms with van der Waals surface area (Å²) in [4.78, 5) is 22.5. The van der Waals surface area contributed by atoms with Crippen molar-refractivity contribution in [1.29, 1.82) is 0 Å². The highest BCUT2D eigenvalue weighted by Gasteiger charge is 2.21. The van der Waals surface area contributed by atoms with Crippen LogP contribution in [-0.4, -0.2) is 9.97 Å². The number of nitrogens with two attached hydrogens (primary N) is 1. The van der Waals surface area contributed by atoms with E-state index in [4.69, 9.17) is 4.98 Å². The van der Waals surface area contributed by atoms with Crippen molar-refractivity contribution < 1.29 is 5.32 Å². The van der Waals surface area contributed by atoms with Crippen LogP contribution in [0.4, 0.5) is 0 Å². The summed E-state index contributed by atoms with van der Waals surface area (Å²) in [6.45, 7) is 2.87. The fraction of sp³-hybridized carbons (Fsp3) is 0.368. The van der Waals surface area contributed by atoms with Crippen LogP contribution >= 0.6 is 27.3 Å². The van der Waals surface area contributed by atoms with Crippen LogP contribution in [0.1, 0.15) is 47.6 Å². The molecule has 0 radical (unpaired) electrons. The van der Waals surface area contributed by atoms with Gasteiger partial charge in [0, 0.05) is 21.3 Å². The molecule has 2 heterocycles. The van der Waals surface area contributed by atoms with Gasteiger partial charge in [-0.25, -0.2) is 4.98 Å². The molecule has 0 unspecified atom stereocenters. The average Bonchev–Trinajstić information content (AvgIpc) is 3.17. The van der Waals surface area contributed by atoms with Gasteiger partial charge in [0.2, 0.25) is 0 Å². The third-order valence-electron chi connectivity index (χ3n) is 4.96. The number of aromatic amines is 1. The number of aromatic nitrogens is 2. The van der Waals surface area contributed by atoms with Crippen LogP contribution in [0.25, 0.3) is 10.2 Å². The van der Waals surface area contributed by atoms with E-state index in [-0.39, 0.29) is 5.56 Å². The first kappa shape index (κ1) is 16.9. The summed E-state index contributed by atoms with van der Waals surface area (Å²) < 4.78 is 1.09. The summed E-state index contributed by atoms with van der Waals surface area (Å²) in [6.07, 6.45) is 4.31. The lowest BCUT2D eigenvalue weighted by atomic mass is 10.0. The molecule has 0 aliphatic heterocycles. The largest absolute Gasteiger partial charge is 0.334 e. The van der Waals surface area contributed by atoms with Gasteiger partial charge < -0.3 is 10.3 Å². The molecule has 4 rings (SSSR count). The van der Waals surface area contributed by atoms with E-state index in [1.807, 2.05) is 0 Å². The Labute approximate surface area is 158 Å². The number of nitrogens with zero attached hydrogens (tertiary/aromatic N) is 1. The average molecular weight is 419 g/mol. The number of nitrogens with one attached hydrogen (secondary N) is 1. The first-order valence-electron chi connectivity index (χ1n) is 8.78. The van der Waals surface area contributed by atoms with E-state index in [0.29, 0.717) is 12.6 Å². The summed E-state index contributed by atoms with van der Waals surface area (Å²) in [5.74, 6) is 0.771. The van der Waals surface area contributed by atoms with Gasteiger partial charge in [-0.3, -0.25) is 4.79 Å². The van der Waals surface area contributed by atoms with Gasteiger partial charge in [-0.05, 0) is 37.0 Å². The molecule has 25 heavy (non-hydrogen) atoms. The van der Waals surface area contributed by atoms with E-state index in [2.05, 4.69) is 57.4 Å². The third-order valence-corrected chi connectivity index (χ3v) is 6.67. The van der Waals surface area contributed by atoms with Crippen molar-refractivity contribution in [1.82, 2.24) is 9.97 Å². The molecule has 1 aliphatic carbocycles. The van der Waals surface area contributed by atoms with Crippen LogP contribution in [0.3, 0.4) is 0 Å². The Morgan fingerprint density at radius 3 is 2.88 bits per heavy atom. The fourth-order valence-corrected chi connectivity index (χ4v) is 5.19. The highest BCUT2D eigenvalue weighted by atomic mass is 79.9. The maximum absolute atomic E-state index is 12.5. The van der Waals surface area contributed by atoms with E-state index in [1.54, 1.807) is 11.3 Å².